The van der Waals surface area contributed by atoms with E-state index in [9.17, 15) is 27.2 Å². The molecule has 4 N–H and O–H groups in total. The van der Waals surface area contributed by atoms with Crippen molar-refractivity contribution in [2.75, 3.05) is 29.4 Å². The van der Waals surface area contributed by atoms with Gasteiger partial charge in [-0.05, 0) is 35.9 Å². The summed E-state index contributed by atoms with van der Waals surface area (Å²) in [6.07, 6.45) is 0.942. The molecule has 0 atom stereocenters. The maximum absolute atomic E-state index is 13.2. The molecule has 3 amide bonds. The zero-order valence-electron chi connectivity index (χ0n) is 17.0. The second kappa shape index (κ2) is 10.5. The zero-order chi connectivity index (χ0) is 23.0. The molecule has 0 aliphatic carbocycles. The molecule has 9 nitrogen and oxygen atoms in total. The molecule has 11 heteroatoms. The summed E-state index contributed by atoms with van der Waals surface area (Å²) >= 11 is 0. The van der Waals surface area contributed by atoms with E-state index in [4.69, 9.17) is 0 Å². The fourth-order valence-electron chi connectivity index (χ4n) is 2.67. The van der Waals surface area contributed by atoms with Gasteiger partial charge in [0.05, 0.1) is 23.9 Å². The third-order valence-corrected chi connectivity index (χ3v) is 4.46. The maximum Gasteiger partial charge on any atom is 0.253 e. The van der Waals surface area contributed by atoms with Crippen LogP contribution in [0.2, 0.25) is 0 Å². The Bertz CT molecular complexity index is 1090. The number of carbonyl (C=O) groups excluding carboxylic acids is 3. The molecule has 0 aliphatic rings. The number of carbonyl (C=O) groups is 3. The van der Waals surface area contributed by atoms with E-state index >= 15 is 0 Å². The summed E-state index contributed by atoms with van der Waals surface area (Å²) in [5.74, 6) is -1.72. The lowest BCUT2D eigenvalue weighted by atomic mass is 10.1. The van der Waals surface area contributed by atoms with E-state index in [-0.39, 0.29) is 42.6 Å². The van der Waals surface area contributed by atoms with Crippen molar-refractivity contribution < 1.29 is 27.2 Å². The quantitative estimate of drug-likeness (QED) is 0.427. The van der Waals surface area contributed by atoms with Gasteiger partial charge in [0.2, 0.25) is 21.8 Å². The van der Waals surface area contributed by atoms with E-state index in [1.54, 1.807) is 6.07 Å². The van der Waals surface area contributed by atoms with Gasteiger partial charge in [0.15, 0.2) is 0 Å². The number of amides is 3. The molecule has 2 aromatic rings. The number of sulfonamides is 1. The van der Waals surface area contributed by atoms with Crippen molar-refractivity contribution >= 4 is 39.1 Å². The lowest BCUT2D eigenvalue weighted by Gasteiger charge is -2.13. The highest BCUT2D eigenvalue weighted by Gasteiger charge is 2.15. The molecular formula is C20H23FN4O5S. The van der Waals surface area contributed by atoms with Gasteiger partial charge in [-0.15, -0.1) is 0 Å². The van der Waals surface area contributed by atoms with Crippen LogP contribution in [0.15, 0.2) is 42.5 Å². The first-order chi connectivity index (χ1) is 14.5. The average molecular weight is 450 g/mol. The summed E-state index contributed by atoms with van der Waals surface area (Å²) in [6, 6.07) is 9.84. The molecule has 166 valence electrons. The molecule has 0 unspecified atom stereocenters. The first-order valence-electron chi connectivity index (χ1n) is 9.22. The van der Waals surface area contributed by atoms with Crippen LogP contribution in [-0.4, -0.2) is 45.5 Å². The normalized spacial score (nSPS) is 10.8. The van der Waals surface area contributed by atoms with Gasteiger partial charge in [0.25, 0.3) is 5.91 Å². The van der Waals surface area contributed by atoms with Crippen LogP contribution in [-0.2, 0) is 26.0 Å². The third-order valence-electron chi connectivity index (χ3n) is 3.87. The Balaban J connectivity index is 1.96. The molecule has 0 bridgehead atoms. The number of benzene rings is 2. The summed E-state index contributed by atoms with van der Waals surface area (Å²) in [6.45, 7) is 1.48. The van der Waals surface area contributed by atoms with Crippen molar-refractivity contribution in [2.24, 2.45) is 0 Å². The van der Waals surface area contributed by atoms with Crippen molar-refractivity contribution in [3.63, 3.8) is 0 Å². The lowest BCUT2D eigenvalue weighted by Crippen LogP contribution is -2.35. The number of rotatable bonds is 9. The Morgan fingerprint density at radius 2 is 1.71 bits per heavy atom. The maximum atomic E-state index is 13.2. The summed E-state index contributed by atoms with van der Waals surface area (Å²) in [5, 5.41) is 7.70. The summed E-state index contributed by atoms with van der Waals surface area (Å²) in [4.78, 5) is 35.7. The number of hydrogen-bond donors (Lipinski definition) is 4. The molecule has 2 rings (SSSR count). The van der Waals surface area contributed by atoms with Crippen LogP contribution in [0.1, 0.15) is 22.8 Å². The van der Waals surface area contributed by atoms with Crippen molar-refractivity contribution in [1.29, 1.82) is 0 Å². The molecule has 31 heavy (non-hydrogen) atoms. The number of halogens is 1. The van der Waals surface area contributed by atoms with Gasteiger partial charge in [-0.25, -0.2) is 12.8 Å². The van der Waals surface area contributed by atoms with Crippen molar-refractivity contribution in [2.45, 2.75) is 13.3 Å². The highest BCUT2D eigenvalue weighted by molar-refractivity contribution is 7.92. The van der Waals surface area contributed by atoms with Gasteiger partial charge in [0, 0.05) is 25.7 Å². The Hall–Kier alpha value is -3.47. The van der Waals surface area contributed by atoms with Crippen molar-refractivity contribution in [3.05, 3.63) is 59.4 Å². The predicted octanol–water partition coefficient (Wildman–Crippen LogP) is 1.24. The van der Waals surface area contributed by atoms with Crippen molar-refractivity contribution in [1.82, 2.24) is 10.6 Å². The van der Waals surface area contributed by atoms with Gasteiger partial charge in [-0.3, -0.25) is 19.1 Å². The van der Waals surface area contributed by atoms with Gasteiger partial charge in [-0.1, -0.05) is 12.1 Å². The minimum absolute atomic E-state index is 0.00256. The minimum Gasteiger partial charge on any atom is -0.354 e. The van der Waals surface area contributed by atoms with Crippen LogP contribution in [0.3, 0.4) is 0 Å². The third kappa shape index (κ3) is 8.42. The van der Waals surface area contributed by atoms with Gasteiger partial charge >= 0.3 is 0 Å². The SMILES string of the molecule is CC(=O)Nc1ccc(NS(C)(=O)=O)c(C(=O)NCCNC(=O)Cc2cccc(F)c2)c1. The number of anilines is 2. The molecule has 0 aliphatic heterocycles. The predicted molar refractivity (Wildman–Crippen MR) is 115 cm³/mol. The van der Waals surface area contributed by atoms with Crippen LogP contribution in [0.5, 0.6) is 0 Å². The van der Waals surface area contributed by atoms with Crippen LogP contribution in [0.25, 0.3) is 0 Å². The summed E-state index contributed by atoms with van der Waals surface area (Å²) in [5.41, 5.74) is 0.889. The topological polar surface area (TPSA) is 133 Å². The largest absolute Gasteiger partial charge is 0.354 e. The zero-order valence-corrected chi connectivity index (χ0v) is 17.8. The number of hydrogen-bond acceptors (Lipinski definition) is 5. The Kier molecular flexibility index (Phi) is 8.08. The monoisotopic (exact) mass is 450 g/mol. The smallest absolute Gasteiger partial charge is 0.253 e. The van der Waals surface area contributed by atoms with Crippen LogP contribution < -0.4 is 20.7 Å². The fourth-order valence-corrected chi connectivity index (χ4v) is 3.25. The summed E-state index contributed by atoms with van der Waals surface area (Å²) < 4.78 is 38.5. The van der Waals surface area contributed by atoms with Gasteiger partial charge in [-0.2, -0.15) is 0 Å². The van der Waals surface area contributed by atoms with Crippen LogP contribution in [0.4, 0.5) is 15.8 Å². The molecule has 0 spiro atoms. The first kappa shape index (κ1) is 23.8. The fraction of sp³-hybridized carbons (Fsp3) is 0.250. The van der Waals surface area contributed by atoms with Crippen LogP contribution in [0, 0.1) is 5.82 Å². The minimum atomic E-state index is -3.64. The Labute approximate surface area is 179 Å². The van der Waals surface area contributed by atoms with E-state index in [0.717, 1.165) is 6.26 Å². The molecular weight excluding hydrogens is 427 g/mol. The second-order valence-electron chi connectivity index (χ2n) is 6.73. The summed E-state index contributed by atoms with van der Waals surface area (Å²) in [7, 11) is -3.64. The highest BCUT2D eigenvalue weighted by atomic mass is 32.2. The van der Waals surface area contributed by atoms with E-state index in [1.165, 1.54) is 43.3 Å². The van der Waals surface area contributed by atoms with Gasteiger partial charge < -0.3 is 16.0 Å². The Morgan fingerprint density at radius 1 is 1.00 bits per heavy atom. The molecule has 0 saturated heterocycles. The Morgan fingerprint density at radius 3 is 2.35 bits per heavy atom. The van der Waals surface area contributed by atoms with Gasteiger partial charge in [0.1, 0.15) is 5.82 Å². The first-order valence-corrected chi connectivity index (χ1v) is 11.1. The highest BCUT2D eigenvalue weighted by Crippen LogP contribution is 2.21. The van der Waals surface area contributed by atoms with E-state index < -0.39 is 21.7 Å². The van der Waals surface area contributed by atoms with Crippen LogP contribution >= 0.6 is 0 Å². The number of nitrogens with one attached hydrogen (secondary N) is 4. The second-order valence-corrected chi connectivity index (χ2v) is 8.48. The molecule has 0 heterocycles. The molecule has 0 fully saturated rings. The lowest BCUT2D eigenvalue weighted by molar-refractivity contribution is -0.120. The van der Waals surface area contributed by atoms with Crippen molar-refractivity contribution in [3.8, 4) is 0 Å². The van der Waals surface area contributed by atoms with E-state index in [0.29, 0.717) is 11.3 Å². The molecule has 0 aromatic heterocycles. The average Bonchev–Trinajstić information content (AvgIpc) is 2.64. The standard InChI is InChI=1S/C20H23FN4O5S/c1-13(26)24-16-6-7-18(25-31(2,29)30)17(12-16)20(28)23-9-8-22-19(27)11-14-4-3-5-15(21)10-14/h3-7,10,12,25H,8-9,11H2,1-2H3,(H,22,27)(H,23,28)(H,24,26). The molecule has 0 saturated carbocycles. The molecule has 0 radical (unpaired) electrons. The molecule has 2 aromatic carbocycles. The van der Waals surface area contributed by atoms with E-state index in [1.807, 2.05) is 0 Å². The van der Waals surface area contributed by atoms with E-state index in [2.05, 4.69) is 20.7 Å².